The van der Waals surface area contributed by atoms with Gasteiger partial charge >= 0.3 is 35.0 Å². The molecule has 0 aliphatic heterocycles. The van der Waals surface area contributed by atoms with Crippen molar-refractivity contribution in [1.82, 2.24) is 0 Å². The molecular formula is C36H30Cl2P2Pd-2. The summed E-state index contributed by atoms with van der Waals surface area (Å²) in [6.45, 7) is 0. The number of hydrogen-bond donors (Lipinski definition) is 0. The quantitative estimate of drug-likeness (QED) is 0.121. The zero-order valence-corrected chi connectivity index (χ0v) is 27.1. The van der Waals surface area contributed by atoms with E-state index in [1.54, 1.807) is 0 Å². The summed E-state index contributed by atoms with van der Waals surface area (Å²) in [4.78, 5) is 0. The van der Waals surface area contributed by atoms with Gasteiger partial charge < -0.3 is 0 Å². The summed E-state index contributed by atoms with van der Waals surface area (Å²) in [5.41, 5.74) is 0. The first-order chi connectivity index (χ1) is 20.3. The van der Waals surface area contributed by atoms with E-state index in [1.807, 2.05) is 0 Å². The summed E-state index contributed by atoms with van der Waals surface area (Å²) in [5.74, 6) is 0. The third kappa shape index (κ3) is 9.74. The van der Waals surface area contributed by atoms with Gasteiger partial charge in [0.05, 0.1) is 0 Å². The van der Waals surface area contributed by atoms with E-state index in [0.717, 1.165) is 0 Å². The van der Waals surface area contributed by atoms with Crippen LogP contribution in [0.25, 0.3) is 0 Å². The largest absolute Gasteiger partial charge is 0.0622 e. The van der Waals surface area contributed by atoms with E-state index in [0.29, 0.717) is 0 Å². The van der Waals surface area contributed by atoms with E-state index in [9.17, 15) is 0 Å². The molecule has 0 saturated heterocycles. The smallest absolute Gasteiger partial charge is 0.0134 e. The molecule has 0 spiro atoms. The molecule has 0 amide bonds. The molecule has 0 saturated carbocycles. The maximum atomic E-state index is 4.81. The van der Waals surface area contributed by atoms with Crippen LogP contribution in [0.1, 0.15) is 0 Å². The van der Waals surface area contributed by atoms with E-state index < -0.39 is 15.8 Å². The van der Waals surface area contributed by atoms with E-state index in [1.165, 1.54) is 31.8 Å². The summed E-state index contributed by atoms with van der Waals surface area (Å²) in [6, 6.07) is 64.7. The molecule has 41 heavy (non-hydrogen) atoms. The standard InChI is InChI=1S/2C18H15P.2ClH.Pd/c2*1-4-10-16(11-5-1)19(17-12-6-2-7-13-17)18-14-8-3-9-15-18;;;/h2*1-15H;2*1H;/p-2. The Morgan fingerprint density at radius 2 is 0.390 bits per heavy atom. The number of rotatable bonds is 6. The van der Waals surface area contributed by atoms with Crippen molar-refractivity contribution in [3.05, 3.63) is 182 Å². The van der Waals surface area contributed by atoms with Crippen molar-refractivity contribution in [3.8, 4) is 0 Å². The van der Waals surface area contributed by atoms with Gasteiger partial charge in [-0.2, -0.15) is 0 Å². The normalized spacial score (nSPS) is 10.3. The van der Waals surface area contributed by atoms with Crippen molar-refractivity contribution >= 4 is 66.7 Å². The zero-order valence-electron chi connectivity index (χ0n) is 22.3. The van der Waals surface area contributed by atoms with Crippen LogP contribution in [0, 0.1) is 0 Å². The fraction of sp³-hybridized carbons (Fsp3) is 0. The minimum atomic E-state index is -0.446. The maximum absolute atomic E-state index is 4.81. The van der Waals surface area contributed by atoms with Gasteiger partial charge in [-0.25, -0.2) is 0 Å². The number of benzene rings is 6. The molecule has 0 radical (unpaired) electrons. The van der Waals surface area contributed by atoms with Crippen LogP contribution in [0.15, 0.2) is 182 Å². The topological polar surface area (TPSA) is 0 Å². The third-order valence-electron chi connectivity index (χ3n) is 6.09. The molecule has 6 rings (SSSR count). The monoisotopic (exact) mass is 700 g/mol. The fourth-order valence-electron chi connectivity index (χ4n) is 4.36. The first-order valence-electron chi connectivity index (χ1n) is 13.0. The van der Waals surface area contributed by atoms with Gasteiger partial charge in [0, 0.05) is 0 Å². The molecule has 0 aromatic heterocycles. The van der Waals surface area contributed by atoms with Crippen LogP contribution in [0.3, 0.4) is 0 Å². The molecule has 0 fully saturated rings. The van der Waals surface area contributed by atoms with Gasteiger partial charge in [0.1, 0.15) is 0 Å². The van der Waals surface area contributed by atoms with E-state index in [-0.39, 0.29) is 15.9 Å². The Kier molecular flexibility index (Phi) is 13.8. The molecule has 0 unspecified atom stereocenters. The van der Waals surface area contributed by atoms with Gasteiger partial charge in [0.15, 0.2) is 0 Å². The average molecular weight is 702 g/mol. The predicted octanol–water partition coefficient (Wildman–Crippen LogP) is 8.27. The Morgan fingerprint density at radius 1 is 0.268 bits per heavy atom. The predicted molar refractivity (Wildman–Crippen MR) is 182 cm³/mol. The van der Waals surface area contributed by atoms with Crippen LogP contribution < -0.4 is 31.8 Å². The van der Waals surface area contributed by atoms with Crippen LogP contribution in [-0.4, -0.2) is 0 Å². The second kappa shape index (κ2) is 18.1. The van der Waals surface area contributed by atoms with Crippen LogP contribution in [0.2, 0.25) is 0 Å². The average Bonchev–Trinajstić information content (AvgIpc) is 3.05. The van der Waals surface area contributed by atoms with Gasteiger partial charge in [-0.05, 0) is 47.7 Å². The van der Waals surface area contributed by atoms with E-state index >= 15 is 0 Å². The van der Waals surface area contributed by atoms with Crippen molar-refractivity contribution in [3.63, 3.8) is 0 Å². The molecule has 6 aromatic rings. The molecule has 6 aromatic carbocycles. The van der Waals surface area contributed by atoms with E-state index in [4.69, 9.17) is 19.1 Å². The van der Waals surface area contributed by atoms with Gasteiger partial charge in [0.2, 0.25) is 0 Å². The van der Waals surface area contributed by atoms with Gasteiger partial charge in [-0.3, -0.25) is 0 Å². The molecule has 0 heterocycles. The van der Waals surface area contributed by atoms with Crippen molar-refractivity contribution in [2.45, 2.75) is 0 Å². The van der Waals surface area contributed by atoms with Crippen LogP contribution in [0.4, 0.5) is 0 Å². The minimum absolute atomic E-state index is 0.106. The van der Waals surface area contributed by atoms with Crippen molar-refractivity contribution in [1.29, 1.82) is 0 Å². The van der Waals surface area contributed by atoms with Crippen molar-refractivity contribution < 1.29 is 15.9 Å². The van der Waals surface area contributed by atoms with Gasteiger partial charge in [-0.1, -0.05) is 182 Å². The fourth-order valence-corrected chi connectivity index (χ4v) is 8.97. The van der Waals surface area contributed by atoms with Crippen molar-refractivity contribution in [2.75, 3.05) is 0 Å². The van der Waals surface area contributed by atoms with Crippen LogP contribution >= 0.6 is 34.9 Å². The molecule has 0 nitrogen and oxygen atoms in total. The van der Waals surface area contributed by atoms with Crippen LogP contribution in [-0.2, 0) is 15.9 Å². The summed E-state index contributed by atoms with van der Waals surface area (Å²) in [6.07, 6.45) is 0. The molecule has 0 bridgehead atoms. The summed E-state index contributed by atoms with van der Waals surface area (Å²) in [5, 5.41) is 8.39. The van der Waals surface area contributed by atoms with Gasteiger partial charge in [0.25, 0.3) is 0 Å². The Balaban J connectivity index is 0.000000173. The second-order valence-electron chi connectivity index (χ2n) is 8.73. The third-order valence-corrected chi connectivity index (χ3v) is 11.0. The Hall–Kier alpha value is -2.58. The summed E-state index contributed by atoms with van der Waals surface area (Å²) >= 11 is -0.106. The number of halogens is 2. The minimum Gasteiger partial charge on any atom is -0.0622 e. The molecule has 0 atom stereocenters. The number of hydrogen-bond acceptors (Lipinski definition) is 0. The SMILES string of the molecule is [Cl][Pd-2][Cl].c1ccc(P(c2ccccc2)c2ccccc2)cc1.c1ccc(P(c2ccccc2)c2ccccc2)cc1. The molecule has 0 aliphatic carbocycles. The Labute approximate surface area is 263 Å². The Bertz CT molecular complexity index is 1200. The molecule has 0 N–H and O–H groups in total. The van der Waals surface area contributed by atoms with Crippen LogP contribution in [0.5, 0.6) is 0 Å². The van der Waals surface area contributed by atoms with Crippen molar-refractivity contribution in [2.24, 2.45) is 0 Å². The Morgan fingerprint density at radius 3 is 0.512 bits per heavy atom. The zero-order chi connectivity index (χ0) is 28.5. The summed E-state index contributed by atoms with van der Waals surface area (Å²) < 4.78 is 0. The molecule has 5 heteroatoms. The first-order valence-corrected chi connectivity index (χ1v) is 19.7. The van der Waals surface area contributed by atoms with E-state index in [2.05, 4.69) is 182 Å². The molecule has 0 aliphatic rings. The molecule has 210 valence electrons. The first kappa shape index (κ1) is 31.4. The maximum Gasteiger partial charge on any atom is -0.0134 e. The second-order valence-corrected chi connectivity index (χ2v) is 15.5. The summed E-state index contributed by atoms with van der Waals surface area (Å²) in [7, 11) is 8.74. The molecular weight excluding hydrogens is 672 g/mol. The van der Waals surface area contributed by atoms with Gasteiger partial charge in [-0.15, -0.1) is 0 Å².